The van der Waals surface area contributed by atoms with Crippen LogP contribution in [0.1, 0.15) is 23.1 Å². The van der Waals surface area contributed by atoms with Gasteiger partial charge in [-0.05, 0) is 35.4 Å². The minimum atomic E-state index is -0.921. The number of benzene rings is 2. The zero-order valence-corrected chi connectivity index (χ0v) is 12.3. The summed E-state index contributed by atoms with van der Waals surface area (Å²) in [5.74, 6) is -0.118. The Labute approximate surface area is 128 Å². The Bertz CT molecular complexity index is 621. The van der Waals surface area contributed by atoms with E-state index < -0.39 is 11.9 Å². The van der Waals surface area contributed by atoms with Crippen molar-refractivity contribution in [3.8, 4) is 5.75 Å². The SMILES string of the molecule is COc1cccc(C(CN)C(O)c2ccc(F)cc2Cl)c1. The van der Waals surface area contributed by atoms with Gasteiger partial charge >= 0.3 is 0 Å². The van der Waals surface area contributed by atoms with Gasteiger partial charge in [-0.15, -0.1) is 0 Å². The van der Waals surface area contributed by atoms with Gasteiger partial charge in [-0.3, -0.25) is 0 Å². The number of aliphatic hydroxyl groups excluding tert-OH is 1. The summed E-state index contributed by atoms with van der Waals surface area (Å²) in [5.41, 5.74) is 7.09. The van der Waals surface area contributed by atoms with Gasteiger partial charge in [0.05, 0.1) is 13.2 Å². The van der Waals surface area contributed by atoms with Crippen LogP contribution in [0.15, 0.2) is 42.5 Å². The molecular formula is C16H17ClFNO2. The summed E-state index contributed by atoms with van der Waals surface area (Å²) in [4.78, 5) is 0. The van der Waals surface area contributed by atoms with E-state index in [1.54, 1.807) is 7.11 Å². The number of aliphatic hydroxyl groups is 1. The average molecular weight is 310 g/mol. The Hall–Kier alpha value is -1.62. The Morgan fingerprint density at radius 1 is 1.29 bits per heavy atom. The lowest BCUT2D eigenvalue weighted by atomic mass is 9.89. The quantitative estimate of drug-likeness (QED) is 0.891. The first-order chi connectivity index (χ1) is 10.1. The summed E-state index contributed by atoms with van der Waals surface area (Å²) in [5, 5.41) is 10.7. The van der Waals surface area contributed by atoms with Crippen molar-refractivity contribution in [3.63, 3.8) is 0 Å². The van der Waals surface area contributed by atoms with Crippen molar-refractivity contribution in [3.05, 3.63) is 64.4 Å². The number of nitrogens with two attached hydrogens (primary N) is 1. The van der Waals surface area contributed by atoms with Gasteiger partial charge in [-0.1, -0.05) is 29.8 Å². The van der Waals surface area contributed by atoms with Crippen molar-refractivity contribution in [1.82, 2.24) is 0 Å². The fourth-order valence-electron chi connectivity index (χ4n) is 2.28. The van der Waals surface area contributed by atoms with E-state index in [-0.39, 0.29) is 17.5 Å². The molecule has 2 aromatic rings. The highest BCUT2D eigenvalue weighted by molar-refractivity contribution is 6.31. The van der Waals surface area contributed by atoms with E-state index in [4.69, 9.17) is 22.1 Å². The first-order valence-corrected chi connectivity index (χ1v) is 6.91. The first-order valence-electron chi connectivity index (χ1n) is 6.54. The molecule has 0 aliphatic heterocycles. The topological polar surface area (TPSA) is 55.5 Å². The molecule has 2 rings (SSSR count). The highest BCUT2D eigenvalue weighted by Crippen LogP contribution is 2.35. The lowest BCUT2D eigenvalue weighted by molar-refractivity contribution is 0.147. The summed E-state index contributed by atoms with van der Waals surface area (Å²) in [6.07, 6.45) is -0.921. The van der Waals surface area contributed by atoms with Gasteiger partial charge in [0.2, 0.25) is 0 Å². The molecule has 0 radical (unpaired) electrons. The molecule has 2 atom stereocenters. The van der Waals surface area contributed by atoms with Gasteiger partial charge in [0.25, 0.3) is 0 Å². The maximum atomic E-state index is 13.1. The van der Waals surface area contributed by atoms with Crippen LogP contribution in [0, 0.1) is 5.82 Å². The van der Waals surface area contributed by atoms with E-state index in [1.165, 1.54) is 18.2 Å². The molecule has 5 heteroatoms. The van der Waals surface area contributed by atoms with Crippen LogP contribution >= 0.6 is 11.6 Å². The second-order valence-corrected chi connectivity index (χ2v) is 5.14. The van der Waals surface area contributed by atoms with Crippen molar-refractivity contribution in [1.29, 1.82) is 0 Å². The molecule has 2 unspecified atom stereocenters. The summed E-state index contributed by atoms with van der Waals surface area (Å²) < 4.78 is 18.3. The van der Waals surface area contributed by atoms with Gasteiger partial charge in [0, 0.05) is 17.5 Å². The number of ether oxygens (including phenoxy) is 1. The predicted molar refractivity (Wildman–Crippen MR) is 81.2 cm³/mol. The number of rotatable bonds is 5. The minimum absolute atomic E-state index is 0.184. The summed E-state index contributed by atoms with van der Waals surface area (Å²) >= 11 is 6.01. The molecule has 3 nitrogen and oxygen atoms in total. The molecule has 112 valence electrons. The third-order valence-electron chi connectivity index (χ3n) is 3.44. The normalized spacial score (nSPS) is 13.8. The lowest BCUT2D eigenvalue weighted by Gasteiger charge is -2.23. The minimum Gasteiger partial charge on any atom is -0.497 e. The van der Waals surface area contributed by atoms with Crippen LogP contribution in [-0.2, 0) is 0 Å². The summed E-state index contributed by atoms with van der Waals surface area (Å²) in [7, 11) is 1.57. The van der Waals surface area contributed by atoms with Crippen molar-refractivity contribution >= 4 is 11.6 Å². The van der Waals surface area contributed by atoms with Gasteiger partial charge in [-0.2, -0.15) is 0 Å². The molecule has 0 aliphatic rings. The van der Waals surface area contributed by atoms with Crippen molar-refractivity contribution < 1.29 is 14.2 Å². The second kappa shape index (κ2) is 6.89. The summed E-state index contributed by atoms with van der Waals surface area (Å²) in [6, 6.07) is 11.2. The van der Waals surface area contributed by atoms with Crippen LogP contribution < -0.4 is 10.5 Å². The Balaban J connectivity index is 2.35. The molecule has 0 saturated carbocycles. The smallest absolute Gasteiger partial charge is 0.124 e. The molecule has 2 aromatic carbocycles. The van der Waals surface area contributed by atoms with Crippen molar-refractivity contribution in [2.75, 3.05) is 13.7 Å². The second-order valence-electron chi connectivity index (χ2n) is 4.73. The van der Waals surface area contributed by atoms with E-state index in [9.17, 15) is 9.50 Å². The molecule has 0 fully saturated rings. The van der Waals surface area contributed by atoms with Gasteiger partial charge in [0.1, 0.15) is 11.6 Å². The maximum Gasteiger partial charge on any atom is 0.124 e. The zero-order chi connectivity index (χ0) is 15.4. The third-order valence-corrected chi connectivity index (χ3v) is 3.77. The number of methoxy groups -OCH3 is 1. The van der Waals surface area contributed by atoms with E-state index in [1.807, 2.05) is 24.3 Å². The van der Waals surface area contributed by atoms with Crippen LogP contribution in [0.3, 0.4) is 0 Å². The zero-order valence-electron chi connectivity index (χ0n) is 11.6. The summed E-state index contributed by atoms with van der Waals surface area (Å²) in [6.45, 7) is 0.224. The van der Waals surface area contributed by atoms with E-state index >= 15 is 0 Å². The molecule has 0 spiro atoms. The van der Waals surface area contributed by atoms with Crippen LogP contribution in [0.5, 0.6) is 5.75 Å². The van der Waals surface area contributed by atoms with Crippen LogP contribution in [0.2, 0.25) is 5.02 Å². The van der Waals surface area contributed by atoms with E-state index in [2.05, 4.69) is 0 Å². The van der Waals surface area contributed by atoms with Gasteiger partial charge in [0.15, 0.2) is 0 Å². The average Bonchev–Trinajstić information content (AvgIpc) is 2.48. The molecule has 0 amide bonds. The molecule has 0 aromatic heterocycles. The van der Waals surface area contributed by atoms with Crippen LogP contribution in [-0.4, -0.2) is 18.8 Å². The van der Waals surface area contributed by atoms with E-state index in [0.717, 1.165) is 5.56 Å². The Morgan fingerprint density at radius 2 is 2.05 bits per heavy atom. The molecule has 3 N–H and O–H groups in total. The predicted octanol–water partition coefficient (Wildman–Crippen LogP) is 3.26. The van der Waals surface area contributed by atoms with Crippen LogP contribution in [0.25, 0.3) is 0 Å². The molecular weight excluding hydrogens is 293 g/mol. The number of hydrogen-bond donors (Lipinski definition) is 2. The Morgan fingerprint density at radius 3 is 2.67 bits per heavy atom. The largest absolute Gasteiger partial charge is 0.497 e. The van der Waals surface area contributed by atoms with Gasteiger partial charge < -0.3 is 15.6 Å². The number of hydrogen-bond acceptors (Lipinski definition) is 3. The monoisotopic (exact) mass is 309 g/mol. The fraction of sp³-hybridized carbons (Fsp3) is 0.250. The molecule has 0 aliphatic carbocycles. The van der Waals surface area contributed by atoms with Gasteiger partial charge in [-0.25, -0.2) is 4.39 Å². The number of halogens is 2. The molecule has 21 heavy (non-hydrogen) atoms. The first kappa shape index (κ1) is 15.8. The molecule has 0 saturated heterocycles. The van der Waals surface area contributed by atoms with E-state index in [0.29, 0.717) is 11.3 Å². The maximum absolute atomic E-state index is 13.1. The van der Waals surface area contributed by atoms with Crippen molar-refractivity contribution in [2.45, 2.75) is 12.0 Å². The standard InChI is InChI=1S/C16H17ClFNO2/c1-21-12-4-2-3-10(7-12)14(9-19)16(20)13-6-5-11(18)8-15(13)17/h2-8,14,16,20H,9,19H2,1H3. The lowest BCUT2D eigenvalue weighted by Crippen LogP contribution is -2.20. The highest BCUT2D eigenvalue weighted by atomic mass is 35.5. The highest BCUT2D eigenvalue weighted by Gasteiger charge is 2.24. The van der Waals surface area contributed by atoms with Crippen molar-refractivity contribution in [2.24, 2.45) is 5.73 Å². The molecule has 0 heterocycles. The Kier molecular flexibility index (Phi) is 5.17. The third kappa shape index (κ3) is 3.53. The van der Waals surface area contributed by atoms with Crippen LogP contribution in [0.4, 0.5) is 4.39 Å². The molecule has 0 bridgehead atoms. The fourth-order valence-corrected chi connectivity index (χ4v) is 2.56.